The average Bonchev–Trinajstić information content (AvgIpc) is 3.28. The third-order valence-corrected chi connectivity index (χ3v) is 5.52. The third kappa shape index (κ3) is 4.72. The van der Waals surface area contributed by atoms with Crippen LogP contribution in [0.5, 0.6) is 5.75 Å². The third-order valence-electron chi connectivity index (χ3n) is 5.52. The Morgan fingerprint density at radius 1 is 1.03 bits per heavy atom. The molecule has 1 saturated heterocycles. The molecule has 0 aliphatic carbocycles. The van der Waals surface area contributed by atoms with E-state index >= 15 is 0 Å². The summed E-state index contributed by atoms with van der Waals surface area (Å²) in [6, 6.07) is 23.1. The molecular formula is C25H24N2O3. The first kappa shape index (κ1) is 19.8. The van der Waals surface area contributed by atoms with Crippen LogP contribution in [-0.2, 0) is 13.0 Å². The molecule has 3 aromatic rings. The lowest BCUT2D eigenvalue weighted by Gasteiger charge is -2.31. The van der Waals surface area contributed by atoms with Gasteiger partial charge in [0.2, 0.25) is 0 Å². The molecule has 1 aliphatic rings. The number of likely N-dealkylation sites (tertiary alicyclic amines) is 1. The van der Waals surface area contributed by atoms with Crippen LogP contribution < -0.4 is 4.74 Å². The lowest BCUT2D eigenvalue weighted by Crippen LogP contribution is -2.38. The van der Waals surface area contributed by atoms with Crippen molar-refractivity contribution in [1.29, 1.82) is 5.26 Å². The van der Waals surface area contributed by atoms with Gasteiger partial charge in [-0.1, -0.05) is 42.5 Å². The van der Waals surface area contributed by atoms with Gasteiger partial charge in [0.1, 0.15) is 24.2 Å². The first-order chi connectivity index (χ1) is 14.7. The van der Waals surface area contributed by atoms with Gasteiger partial charge in [-0.3, -0.25) is 4.79 Å². The number of rotatable bonds is 6. The quantitative estimate of drug-likeness (QED) is 0.595. The Balaban J connectivity index is 1.30. The highest BCUT2D eigenvalue weighted by Crippen LogP contribution is 2.24. The van der Waals surface area contributed by atoms with Crippen molar-refractivity contribution in [2.75, 3.05) is 13.1 Å². The van der Waals surface area contributed by atoms with E-state index in [9.17, 15) is 4.79 Å². The number of nitrogens with zero attached hydrogens (tertiary/aromatic N) is 2. The fourth-order valence-corrected chi connectivity index (χ4v) is 3.85. The zero-order chi connectivity index (χ0) is 20.8. The summed E-state index contributed by atoms with van der Waals surface area (Å²) in [5.74, 6) is 1.94. The van der Waals surface area contributed by atoms with Gasteiger partial charge in [0.15, 0.2) is 5.76 Å². The molecule has 30 heavy (non-hydrogen) atoms. The molecule has 1 aromatic heterocycles. The summed E-state index contributed by atoms with van der Waals surface area (Å²) in [5.41, 5.74) is 1.83. The summed E-state index contributed by atoms with van der Waals surface area (Å²) < 4.78 is 11.4. The second kappa shape index (κ2) is 9.32. The van der Waals surface area contributed by atoms with E-state index in [1.807, 2.05) is 17.0 Å². The monoisotopic (exact) mass is 400 g/mol. The van der Waals surface area contributed by atoms with E-state index in [0.29, 0.717) is 28.8 Å². The molecule has 2 heterocycles. The van der Waals surface area contributed by atoms with Crippen molar-refractivity contribution in [3.63, 3.8) is 0 Å². The fourth-order valence-electron chi connectivity index (χ4n) is 3.85. The lowest BCUT2D eigenvalue weighted by atomic mass is 9.90. The van der Waals surface area contributed by atoms with E-state index < -0.39 is 0 Å². The molecule has 5 heteroatoms. The van der Waals surface area contributed by atoms with Crippen molar-refractivity contribution in [2.45, 2.75) is 25.9 Å². The molecule has 1 aliphatic heterocycles. The molecule has 2 aromatic carbocycles. The van der Waals surface area contributed by atoms with E-state index in [1.54, 1.807) is 30.3 Å². The Morgan fingerprint density at radius 2 is 1.77 bits per heavy atom. The molecular weight excluding hydrogens is 376 g/mol. The van der Waals surface area contributed by atoms with Crippen molar-refractivity contribution in [2.24, 2.45) is 5.92 Å². The number of hydrogen-bond acceptors (Lipinski definition) is 4. The summed E-state index contributed by atoms with van der Waals surface area (Å²) in [5, 5.41) is 9.13. The first-order valence-electron chi connectivity index (χ1n) is 10.3. The predicted molar refractivity (Wildman–Crippen MR) is 113 cm³/mol. The molecule has 0 spiro atoms. The number of carbonyl (C=O) groups excluding carboxylic acids is 1. The number of nitriles is 1. The zero-order valence-corrected chi connectivity index (χ0v) is 16.8. The maximum absolute atomic E-state index is 12.8. The minimum atomic E-state index is -0.0724. The number of amides is 1. The van der Waals surface area contributed by atoms with Gasteiger partial charge in [0, 0.05) is 13.1 Å². The molecule has 0 atom stereocenters. The fraction of sp³-hybridized carbons (Fsp3) is 0.280. The van der Waals surface area contributed by atoms with Crippen LogP contribution in [0.15, 0.2) is 71.1 Å². The topological polar surface area (TPSA) is 66.5 Å². The van der Waals surface area contributed by atoms with Gasteiger partial charge in [-0.25, -0.2) is 0 Å². The van der Waals surface area contributed by atoms with E-state index in [2.05, 4.69) is 30.3 Å². The van der Waals surface area contributed by atoms with Crippen molar-refractivity contribution in [3.05, 3.63) is 89.4 Å². The van der Waals surface area contributed by atoms with Crippen LogP contribution >= 0.6 is 0 Å². The Hall–Kier alpha value is -3.52. The molecule has 0 bridgehead atoms. The number of ether oxygens (including phenoxy) is 1. The van der Waals surface area contributed by atoms with Crippen LogP contribution in [0.2, 0.25) is 0 Å². The van der Waals surface area contributed by atoms with Gasteiger partial charge in [-0.15, -0.1) is 0 Å². The second-order valence-electron chi connectivity index (χ2n) is 7.59. The molecule has 5 nitrogen and oxygen atoms in total. The number of hydrogen-bond donors (Lipinski definition) is 0. The van der Waals surface area contributed by atoms with Crippen molar-refractivity contribution >= 4 is 5.91 Å². The molecule has 1 fully saturated rings. The highest BCUT2D eigenvalue weighted by Gasteiger charge is 2.25. The molecule has 0 N–H and O–H groups in total. The van der Waals surface area contributed by atoms with Gasteiger partial charge in [-0.05, 0) is 55.0 Å². The SMILES string of the molecule is N#Cc1ccccc1OCc1ccc(C(=O)N2CCC(Cc3ccccc3)CC2)o1. The molecule has 0 unspecified atom stereocenters. The van der Waals surface area contributed by atoms with Gasteiger partial charge >= 0.3 is 0 Å². The van der Waals surface area contributed by atoms with Crippen LogP contribution in [0.4, 0.5) is 0 Å². The highest BCUT2D eigenvalue weighted by atomic mass is 16.5. The van der Waals surface area contributed by atoms with Crippen molar-refractivity contribution < 1.29 is 13.9 Å². The smallest absolute Gasteiger partial charge is 0.289 e. The Kier molecular flexibility index (Phi) is 6.14. The minimum Gasteiger partial charge on any atom is -0.484 e. The van der Waals surface area contributed by atoms with Crippen LogP contribution in [0.25, 0.3) is 0 Å². The Morgan fingerprint density at radius 3 is 2.53 bits per heavy atom. The van der Waals surface area contributed by atoms with E-state index in [-0.39, 0.29) is 12.5 Å². The largest absolute Gasteiger partial charge is 0.484 e. The highest BCUT2D eigenvalue weighted by molar-refractivity contribution is 5.91. The lowest BCUT2D eigenvalue weighted by molar-refractivity contribution is 0.0654. The molecule has 152 valence electrons. The maximum atomic E-state index is 12.8. The Labute approximate surface area is 176 Å². The minimum absolute atomic E-state index is 0.0724. The van der Waals surface area contributed by atoms with Crippen molar-refractivity contribution in [1.82, 2.24) is 4.90 Å². The Bertz CT molecular complexity index is 1030. The molecule has 0 saturated carbocycles. The van der Waals surface area contributed by atoms with E-state index in [4.69, 9.17) is 14.4 Å². The van der Waals surface area contributed by atoms with E-state index in [1.165, 1.54) is 5.56 Å². The summed E-state index contributed by atoms with van der Waals surface area (Å²) in [6.45, 7) is 1.67. The molecule has 0 radical (unpaired) electrons. The summed E-state index contributed by atoms with van der Waals surface area (Å²) in [6.07, 6.45) is 3.07. The standard InChI is InChI=1S/C25H24N2O3/c26-17-21-8-4-5-9-23(21)29-18-22-10-11-24(30-22)25(28)27-14-12-20(13-15-27)16-19-6-2-1-3-7-19/h1-11,20H,12-16,18H2. The maximum Gasteiger partial charge on any atom is 0.289 e. The van der Waals surface area contributed by atoms with Crippen LogP contribution in [0.1, 0.15) is 40.3 Å². The number of para-hydroxylation sites is 1. The van der Waals surface area contributed by atoms with Gasteiger partial charge in [0.25, 0.3) is 5.91 Å². The normalized spacial score (nSPS) is 14.3. The summed E-state index contributed by atoms with van der Waals surface area (Å²) in [4.78, 5) is 14.7. The number of piperidine rings is 1. The summed E-state index contributed by atoms with van der Waals surface area (Å²) >= 11 is 0. The van der Waals surface area contributed by atoms with E-state index in [0.717, 1.165) is 32.4 Å². The second-order valence-corrected chi connectivity index (χ2v) is 7.59. The average molecular weight is 400 g/mol. The van der Waals surface area contributed by atoms with Crippen molar-refractivity contribution in [3.8, 4) is 11.8 Å². The number of furan rings is 1. The van der Waals surface area contributed by atoms with Gasteiger partial charge < -0.3 is 14.1 Å². The predicted octanol–water partition coefficient (Wildman–Crippen LogP) is 4.83. The van der Waals surface area contributed by atoms with Crippen LogP contribution in [0, 0.1) is 17.2 Å². The van der Waals surface area contributed by atoms with Crippen LogP contribution in [-0.4, -0.2) is 23.9 Å². The molecule has 1 amide bonds. The number of benzene rings is 2. The number of carbonyl (C=O) groups is 1. The summed E-state index contributed by atoms with van der Waals surface area (Å²) in [7, 11) is 0. The zero-order valence-electron chi connectivity index (χ0n) is 16.8. The first-order valence-corrected chi connectivity index (χ1v) is 10.3. The van der Waals surface area contributed by atoms with Crippen LogP contribution in [0.3, 0.4) is 0 Å². The van der Waals surface area contributed by atoms with Gasteiger partial charge in [0.05, 0.1) is 5.56 Å². The van der Waals surface area contributed by atoms with Gasteiger partial charge in [-0.2, -0.15) is 5.26 Å². The molecule has 4 rings (SSSR count).